The topological polar surface area (TPSA) is 95.9 Å². The van der Waals surface area contributed by atoms with Crippen LogP contribution in [0.4, 0.5) is 0 Å². The molecule has 0 saturated carbocycles. The van der Waals surface area contributed by atoms with Gasteiger partial charge in [-0.2, -0.15) is 0 Å². The van der Waals surface area contributed by atoms with E-state index in [2.05, 4.69) is 55.6 Å². The molecule has 0 radical (unpaired) electrons. The van der Waals surface area contributed by atoms with Gasteiger partial charge in [0, 0.05) is 12.8 Å². The fourth-order valence-corrected chi connectivity index (χ4v) is 12.1. The number of carbonyl (C=O) groups excluding carboxylic acids is 2. The monoisotopic (exact) mass is 1180 g/mol. The summed E-state index contributed by atoms with van der Waals surface area (Å²) in [5, 5.41) is 23.3. The second-order valence-electron chi connectivity index (χ2n) is 26.3. The highest BCUT2D eigenvalue weighted by Crippen LogP contribution is 2.19. The van der Waals surface area contributed by atoms with Crippen molar-refractivity contribution in [1.29, 1.82) is 0 Å². The first-order chi connectivity index (χ1) is 41.5. The Morgan fingerprint density at radius 3 is 0.929 bits per heavy atom. The lowest BCUT2D eigenvalue weighted by atomic mass is 10.0. The van der Waals surface area contributed by atoms with Crippen LogP contribution in [0.2, 0.25) is 0 Å². The molecule has 6 nitrogen and oxygen atoms in total. The Morgan fingerprint density at radius 1 is 0.333 bits per heavy atom. The van der Waals surface area contributed by atoms with Crippen LogP contribution in [0.1, 0.15) is 425 Å². The summed E-state index contributed by atoms with van der Waals surface area (Å²) in [5.74, 6) is -0.0196. The quantitative estimate of drug-likeness (QED) is 0.0320. The van der Waals surface area contributed by atoms with Crippen LogP contribution in [0.15, 0.2) is 36.5 Å². The van der Waals surface area contributed by atoms with Crippen LogP contribution in [0.3, 0.4) is 0 Å². The fourth-order valence-electron chi connectivity index (χ4n) is 12.1. The Bertz CT molecular complexity index is 1360. The number of ether oxygens (including phenoxy) is 1. The molecule has 0 rings (SSSR count). The summed E-state index contributed by atoms with van der Waals surface area (Å²) < 4.78 is 5.50. The number of hydrogen-bond acceptors (Lipinski definition) is 5. The lowest BCUT2D eigenvalue weighted by Crippen LogP contribution is -2.45. The van der Waals surface area contributed by atoms with E-state index >= 15 is 0 Å². The van der Waals surface area contributed by atoms with Crippen LogP contribution >= 0.6 is 0 Å². The average Bonchev–Trinajstić information content (AvgIpc) is 3.50. The first kappa shape index (κ1) is 82.1. The number of esters is 1. The molecule has 0 aromatic carbocycles. The predicted octanol–water partition coefficient (Wildman–Crippen LogP) is 25.0. The lowest BCUT2D eigenvalue weighted by Gasteiger charge is -2.22. The second-order valence-corrected chi connectivity index (χ2v) is 26.3. The Hall–Kier alpha value is -1.92. The van der Waals surface area contributed by atoms with Crippen LogP contribution in [0.5, 0.6) is 0 Å². The van der Waals surface area contributed by atoms with Crippen molar-refractivity contribution in [3.63, 3.8) is 0 Å². The van der Waals surface area contributed by atoms with Gasteiger partial charge in [0.15, 0.2) is 0 Å². The first-order valence-corrected chi connectivity index (χ1v) is 38.2. The molecule has 3 N–H and O–H groups in total. The van der Waals surface area contributed by atoms with E-state index in [0.717, 1.165) is 51.4 Å². The van der Waals surface area contributed by atoms with Crippen molar-refractivity contribution >= 4 is 11.9 Å². The number of hydrogen-bond donors (Lipinski definition) is 3. The highest BCUT2D eigenvalue weighted by molar-refractivity contribution is 5.76. The van der Waals surface area contributed by atoms with E-state index in [1.54, 1.807) is 0 Å². The summed E-state index contributed by atoms with van der Waals surface area (Å²) >= 11 is 0. The van der Waals surface area contributed by atoms with Gasteiger partial charge in [0.2, 0.25) is 5.91 Å². The van der Waals surface area contributed by atoms with E-state index in [1.807, 2.05) is 0 Å². The Balaban J connectivity index is 3.31. The lowest BCUT2D eigenvalue weighted by molar-refractivity contribution is -0.143. The summed E-state index contributed by atoms with van der Waals surface area (Å²) in [4.78, 5) is 24.6. The van der Waals surface area contributed by atoms with Crippen LogP contribution in [0, 0.1) is 0 Å². The maximum absolute atomic E-state index is 12.5. The number of amides is 1. The second kappa shape index (κ2) is 73.5. The number of rotatable bonds is 72. The van der Waals surface area contributed by atoms with Crippen molar-refractivity contribution in [2.24, 2.45) is 0 Å². The minimum Gasteiger partial charge on any atom is -0.466 e. The number of aliphatic hydroxyl groups is 2. The summed E-state index contributed by atoms with van der Waals surface area (Å²) in [5.41, 5.74) is 0. The molecular weight excluding hydrogens is 1030 g/mol. The van der Waals surface area contributed by atoms with Crippen LogP contribution < -0.4 is 5.32 Å². The van der Waals surface area contributed by atoms with Gasteiger partial charge in [-0.05, 0) is 83.5 Å². The Morgan fingerprint density at radius 2 is 0.595 bits per heavy atom. The molecule has 0 aromatic heterocycles. The molecule has 0 saturated heterocycles. The summed E-state index contributed by atoms with van der Waals surface area (Å²) in [6.45, 7) is 4.96. The van der Waals surface area contributed by atoms with Crippen LogP contribution in [0.25, 0.3) is 0 Å². The molecule has 1 amide bonds. The van der Waals surface area contributed by atoms with Crippen molar-refractivity contribution < 1.29 is 24.5 Å². The molecule has 2 atom stereocenters. The maximum Gasteiger partial charge on any atom is 0.305 e. The molecule has 0 aliphatic heterocycles. The van der Waals surface area contributed by atoms with E-state index in [4.69, 9.17) is 4.74 Å². The number of allylic oxidation sites excluding steroid dienone is 6. The van der Waals surface area contributed by atoms with Crippen molar-refractivity contribution in [3.8, 4) is 0 Å². The Kier molecular flexibility index (Phi) is 71.9. The van der Waals surface area contributed by atoms with Gasteiger partial charge < -0.3 is 20.3 Å². The molecule has 0 aliphatic rings. The average molecular weight is 1180 g/mol. The zero-order valence-electron chi connectivity index (χ0n) is 56.9. The standard InChI is InChI=1S/C78H149NO5/c1-3-5-7-9-11-13-15-17-18-45-48-52-56-60-64-68-72-78(83)84-73-69-65-61-57-53-49-46-43-41-39-37-35-33-31-29-27-25-23-21-19-20-22-24-26-28-30-32-34-36-38-40-42-44-47-51-55-59-63-67-71-77(82)79-75(74-80)76(81)70-66-62-58-54-50-16-14-12-10-8-6-4-2/h13,15,18-20,45,75-76,80-81H,3-12,14,16-17,21-44,46-74H2,1-2H3,(H,79,82)/b15-13-,20-19-,45-18-. The van der Waals surface area contributed by atoms with E-state index < -0.39 is 12.1 Å². The van der Waals surface area contributed by atoms with Crippen LogP contribution in [-0.4, -0.2) is 47.4 Å². The van der Waals surface area contributed by atoms with E-state index in [-0.39, 0.29) is 18.5 Å². The molecule has 0 heterocycles. The van der Waals surface area contributed by atoms with Crippen molar-refractivity contribution in [3.05, 3.63) is 36.5 Å². The molecule has 6 heteroatoms. The third-order valence-electron chi connectivity index (χ3n) is 17.9. The molecule has 0 fully saturated rings. The molecule has 496 valence electrons. The van der Waals surface area contributed by atoms with E-state index in [1.165, 1.54) is 340 Å². The highest BCUT2D eigenvalue weighted by atomic mass is 16.5. The van der Waals surface area contributed by atoms with Crippen molar-refractivity contribution in [2.75, 3.05) is 13.2 Å². The predicted molar refractivity (Wildman–Crippen MR) is 370 cm³/mol. The van der Waals surface area contributed by atoms with Gasteiger partial charge in [-0.15, -0.1) is 0 Å². The number of nitrogens with one attached hydrogen (secondary N) is 1. The minimum absolute atomic E-state index is 0.00937. The van der Waals surface area contributed by atoms with Crippen molar-refractivity contribution in [1.82, 2.24) is 5.32 Å². The van der Waals surface area contributed by atoms with Gasteiger partial charge in [-0.1, -0.05) is 365 Å². The molecule has 2 unspecified atom stereocenters. The largest absolute Gasteiger partial charge is 0.466 e. The van der Waals surface area contributed by atoms with Gasteiger partial charge in [-0.3, -0.25) is 9.59 Å². The Labute approximate surface area is 525 Å². The number of unbranched alkanes of at least 4 members (excludes halogenated alkanes) is 55. The van der Waals surface area contributed by atoms with Gasteiger partial charge >= 0.3 is 5.97 Å². The smallest absolute Gasteiger partial charge is 0.305 e. The van der Waals surface area contributed by atoms with Gasteiger partial charge in [0.1, 0.15) is 0 Å². The zero-order valence-corrected chi connectivity index (χ0v) is 56.9. The SMILES string of the molecule is CCCCCC/C=C\C/C=C\CCCCCCCC(=O)OCCCCCCCCCCCCCCCCCCCC/C=C\CCCCCCCCCCCCCCCCCCCC(=O)NC(CO)C(O)CCCCCCCCCCCCCC. The summed E-state index contributed by atoms with van der Waals surface area (Å²) in [6.07, 6.45) is 95.3. The highest BCUT2D eigenvalue weighted by Gasteiger charge is 2.20. The van der Waals surface area contributed by atoms with E-state index in [9.17, 15) is 19.8 Å². The normalized spacial score (nSPS) is 12.7. The minimum atomic E-state index is -0.660. The summed E-state index contributed by atoms with van der Waals surface area (Å²) in [6, 6.07) is -0.537. The molecule has 0 aromatic rings. The number of aliphatic hydroxyl groups excluding tert-OH is 2. The van der Waals surface area contributed by atoms with Crippen LogP contribution in [-0.2, 0) is 14.3 Å². The third kappa shape index (κ3) is 69.2. The zero-order chi connectivity index (χ0) is 60.6. The van der Waals surface area contributed by atoms with Crippen molar-refractivity contribution in [2.45, 2.75) is 437 Å². The summed E-state index contributed by atoms with van der Waals surface area (Å²) in [7, 11) is 0. The third-order valence-corrected chi connectivity index (χ3v) is 17.9. The molecule has 0 bridgehead atoms. The van der Waals surface area contributed by atoms with E-state index in [0.29, 0.717) is 25.9 Å². The molecule has 0 aliphatic carbocycles. The van der Waals surface area contributed by atoms with Gasteiger partial charge in [0.25, 0.3) is 0 Å². The van der Waals surface area contributed by atoms with Gasteiger partial charge in [0.05, 0.1) is 25.4 Å². The molecular formula is C78H149NO5. The maximum atomic E-state index is 12.5. The fraction of sp³-hybridized carbons (Fsp3) is 0.897. The molecule has 0 spiro atoms. The number of carbonyl (C=O) groups is 2. The first-order valence-electron chi connectivity index (χ1n) is 38.2. The molecule has 84 heavy (non-hydrogen) atoms. The van der Waals surface area contributed by atoms with Gasteiger partial charge in [-0.25, -0.2) is 0 Å².